The fraction of sp³-hybridized carbons (Fsp3) is 0.556. The van der Waals surface area contributed by atoms with E-state index in [9.17, 15) is 4.79 Å². The molecule has 0 aromatic carbocycles. The molecule has 1 unspecified atom stereocenters. The van der Waals surface area contributed by atoms with E-state index in [4.69, 9.17) is 0 Å². The Bertz CT molecular complexity index is 335. The number of hydrogen-bond acceptors (Lipinski definition) is 3. The van der Waals surface area contributed by atoms with Crippen molar-refractivity contribution < 1.29 is 0 Å². The normalized spacial score (nSPS) is 12.8. The number of nitrogens with zero attached hydrogens (tertiary/aromatic N) is 2. The molecule has 1 aromatic heterocycles. The molecule has 1 atom stereocenters. The first-order chi connectivity index (χ1) is 6.13. The van der Waals surface area contributed by atoms with Gasteiger partial charge in [0.2, 0.25) is 0 Å². The van der Waals surface area contributed by atoms with Crippen LogP contribution in [-0.4, -0.2) is 15.5 Å². The number of hydrogen-bond donors (Lipinski definition) is 1. The molecule has 0 amide bonds. The van der Waals surface area contributed by atoms with Crippen LogP contribution in [0, 0.1) is 12.8 Å². The zero-order valence-electron chi connectivity index (χ0n) is 7.90. The topological polar surface area (TPSA) is 34.9 Å². The van der Waals surface area contributed by atoms with E-state index in [1.807, 2.05) is 13.8 Å². The third-order valence-electron chi connectivity index (χ3n) is 1.80. The molecule has 0 aliphatic rings. The smallest absolute Gasteiger partial charge is 0.266 e. The summed E-state index contributed by atoms with van der Waals surface area (Å²) >= 11 is 4.16. The van der Waals surface area contributed by atoms with E-state index < -0.39 is 0 Å². The summed E-state index contributed by atoms with van der Waals surface area (Å²) in [6, 6.07) is 1.60. The highest BCUT2D eigenvalue weighted by Crippen LogP contribution is 1.99. The monoisotopic (exact) mass is 198 g/mol. The lowest BCUT2D eigenvalue weighted by molar-refractivity contribution is 0.469. The van der Waals surface area contributed by atoms with Crippen LogP contribution >= 0.6 is 12.6 Å². The van der Waals surface area contributed by atoms with Crippen LogP contribution in [0.25, 0.3) is 0 Å². The molecule has 0 N–H and O–H groups in total. The van der Waals surface area contributed by atoms with E-state index in [0.717, 1.165) is 11.3 Å². The second kappa shape index (κ2) is 4.46. The van der Waals surface area contributed by atoms with Crippen LogP contribution in [0.15, 0.2) is 17.1 Å². The maximum atomic E-state index is 11.4. The molecule has 3 nitrogen and oxygen atoms in total. The lowest BCUT2D eigenvalue weighted by atomic mass is 10.2. The molecular weight excluding hydrogens is 184 g/mol. The van der Waals surface area contributed by atoms with Crippen LogP contribution in [-0.2, 0) is 6.54 Å². The zero-order valence-corrected chi connectivity index (χ0v) is 8.79. The standard InChI is InChI=1S/C9H14N2OS/c1-7-3-9(12)11(10-4-7)5-8(2)6-13/h3-4,8,13H,5-6H2,1-2H3. The third kappa shape index (κ3) is 2.88. The molecule has 0 fully saturated rings. The van der Waals surface area contributed by atoms with E-state index in [2.05, 4.69) is 17.7 Å². The van der Waals surface area contributed by atoms with Gasteiger partial charge in [0.25, 0.3) is 5.56 Å². The van der Waals surface area contributed by atoms with E-state index in [0.29, 0.717) is 12.5 Å². The highest BCUT2D eigenvalue weighted by molar-refractivity contribution is 7.80. The van der Waals surface area contributed by atoms with Crippen LogP contribution in [0.4, 0.5) is 0 Å². The predicted octanol–water partition coefficient (Wildman–Crippen LogP) is 1.12. The fourth-order valence-electron chi connectivity index (χ4n) is 1.01. The Morgan fingerprint density at radius 2 is 2.38 bits per heavy atom. The van der Waals surface area contributed by atoms with Crippen LogP contribution < -0.4 is 5.56 Å². The number of aromatic nitrogens is 2. The third-order valence-corrected chi connectivity index (χ3v) is 2.43. The molecule has 0 saturated heterocycles. The minimum Gasteiger partial charge on any atom is -0.268 e. The molecule has 1 heterocycles. The molecule has 13 heavy (non-hydrogen) atoms. The minimum atomic E-state index is -0.0337. The summed E-state index contributed by atoms with van der Waals surface area (Å²) in [5, 5.41) is 4.04. The molecule has 4 heteroatoms. The van der Waals surface area contributed by atoms with Crippen molar-refractivity contribution in [3.8, 4) is 0 Å². The number of thiol groups is 1. The maximum absolute atomic E-state index is 11.4. The molecule has 1 aromatic rings. The summed E-state index contributed by atoms with van der Waals surface area (Å²) in [6.07, 6.45) is 1.70. The van der Waals surface area contributed by atoms with Crippen molar-refractivity contribution >= 4 is 12.6 Å². The van der Waals surface area contributed by atoms with E-state index in [1.54, 1.807) is 12.3 Å². The van der Waals surface area contributed by atoms with Gasteiger partial charge in [0.15, 0.2) is 0 Å². The Morgan fingerprint density at radius 1 is 1.69 bits per heavy atom. The van der Waals surface area contributed by atoms with E-state index >= 15 is 0 Å². The predicted molar refractivity (Wildman–Crippen MR) is 56.3 cm³/mol. The highest BCUT2D eigenvalue weighted by Gasteiger charge is 2.03. The first-order valence-corrected chi connectivity index (χ1v) is 4.91. The van der Waals surface area contributed by atoms with Gasteiger partial charge in [-0.2, -0.15) is 17.7 Å². The van der Waals surface area contributed by atoms with Crippen molar-refractivity contribution in [1.29, 1.82) is 0 Å². The summed E-state index contributed by atoms with van der Waals surface area (Å²) in [5.41, 5.74) is 0.869. The Hall–Kier alpha value is -0.770. The van der Waals surface area contributed by atoms with Crippen molar-refractivity contribution in [2.24, 2.45) is 5.92 Å². The Morgan fingerprint density at radius 3 is 2.92 bits per heavy atom. The number of rotatable bonds is 3. The van der Waals surface area contributed by atoms with Gasteiger partial charge in [-0.05, 0) is 24.2 Å². The zero-order chi connectivity index (χ0) is 9.84. The second-order valence-electron chi connectivity index (χ2n) is 3.34. The maximum Gasteiger partial charge on any atom is 0.266 e. The average Bonchev–Trinajstić information content (AvgIpc) is 2.09. The second-order valence-corrected chi connectivity index (χ2v) is 3.71. The van der Waals surface area contributed by atoms with Crippen LogP contribution in [0.5, 0.6) is 0 Å². The van der Waals surface area contributed by atoms with Gasteiger partial charge >= 0.3 is 0 Å². The SMILES string of the molecule is Cc1cnn(CC(C)CS)c(=O)c1. The van der Waals surface area contributed by atoms with E-state index in [-0.39, 0.29) is 5.56 Å². The molecule has 0 bridgehead atoms. The highest BCUT2D eigenvalue weighted by atomic mass is 32.1. The molecule has 72 valence electrons. The lowest BCUT2D eigenvalue weighted by Crippen LogP contribution is -2.25. The van der Waals surface area contributed by atoms with Gasteiger partial charge in [0.05, 0.1) is 6.20 Å². The van der Waals surface area contributed by atoms with Crippen molar-refractivity contribution in [3.63, 3.8) is 0 Å². The Kier molecular flexibility index (Phi) is 3.54. The van der Waals surface area contributed by atoms with Crippen molar-refractivity contribution in [2.75, 3.05) is 5.75 Å². The fourth-order valence-corrected chi connectivity index (χ4v) is 1.13. The summed E-state index contributed by atoms with van der Waals surface area (Å²) in [6.45, 7) is 4.55. The summed E-state index contributed by atoms with van der Waals surface area (Å²) < 4.78 is 1.48. The largest absolute Gasteiger partial charge is 0.268 e. The first kappa shape index (κ1) is 10.3. The van der Waals surface area contributed by atoms with Gasteiger partial charge in [0.1, 0.15) is 0 Å². The van der Waals surface area contributed by atoms with Crippen LogP contribution in [0.2, 0.25) is 0 Å². The van der Waals surface area contributed by atoms with Crippen LogP contribution in [0.1, 0.15) is 12.5 Å². The van der Waals surface area contributed by atoms with Gasteiger partial charge in [0, 0.05) is 12.6 Å². The van der Waals surface area contributed by atoms with Gasteiger partial charge in [-0.25, -0.2) is 4.68 Å². The molecular formula is C9H14N2OS. The van der Waals surface area contributed by atoms with E-state index in [1.165, 1.54) is 4.68 Å². The van der Waals surface area contributed by atoms with Gasteiger partial charge in [-0.1, -0.05) is 6.92 Å². The van der Waals surface area contributed by atoms with Gasteiger partial charge in [-0.3, -0.25) is 4.79 Å². The molecule has 0 saturated carbocycles. The first-order valence-electron chi connectivity index (χ1n) is 4.28. The molecule has 0 aliphatic carbocycles. The van der Waals surface area contributed by atoms with Gasteiger partial charge < -0.3 is 0 Å². The van der Waals surface area contributed by atoms with Crippen molar-refractivity contribution in [3.05, 3.63) is 28.2 Å². The average molecular weight is 198 g/mol. The minimum absolute atomic E-state index is 0.0337. The number of aryl methyl sites for hydroxylation is 1. The summed E-state index contributed by atoms with van der Waals surface area (Å²) in [4.78, 5) is 11.4. The lowest BCUT2D eigenvalue weighted by Gasteiger charge is -2.08. The molecule has 0 radical (unpaired) electrons. The summed E-state index contributed by atoms with van der Waals surface area (Å²) in [5.74, 6) is 1.14. The van der Waals surface area contributed by atoms with Crippen molar-refractivity contribution in [1.82, 2.24) is 9.78 Å². The molecule has 0 spiro atoms. The van der Waals surface area contributed by atoms with Crippen molar-refractivity contribution in [2.45, 2.75) is 20.4 Å². The summed E-state index contributed by atoms with van der Waals surface area (Å²) in [7, 11) is 0. The Labute approximate surface area is 83.2 Å². The van der Waals surface area contributed by atoms with Gasteiger partial charge in [-0.15, -0.1) is 0 Å². The molecule has 0 aliphatic heterocycles. The Balaban J connectivity index is 2.84. The van der Waals surface area contributed by atoms with Crippen LogP contribution in [0.3, 0.4) is 0 Å². The molecule has 1 rings (SSSR count). The quantitative estimate of drug-likeness (QED) is 0.739.